The van der Waals surface area contributed by atoms with Crippen molar-refractivity contribution in [3.05, 3.63) is 53.8 Å². The molecule has 0 radical (unpaired) electrons. The van der Waals surface area contributed by atoms with E-state index in [1.165, 1.54) is 6.07 Å². The van der Waals surface area contributed by atoms with Crippen LogP contribution in [-0.4, -0.2) is 13.7 Å². The number of hydrogen-bond donors (Lipinski definition) is 1. The van der Waals surface area contributed by atoms with Crippen LogP contribution in [0.25, 0.3) is 0 Å². The molecule has 3 nitrogen and oxygen atoms in total. The maximum Gasteiger partial charge on any atom is 0.134 e. The maximum atomic E-state index is 13.9. The standard InChI is InChI=1S/C16H18FNO2/c1-3-18-11-14-15(17)8-5-9-16(14)20-13-7-4-6-12(10-13)19-2/h4-10,18H,3,11H2,1-2H3. The quantitative estimate of drug-likeness (QED) is 0.871. The maximum absolute atomic E-state index is 13.9. The van der Waals surface area contributed by atoms with E-state index in [0.717, 1.165) is 6.54 Å². The lowest BCUT2D eigenvalue weighted by Gasteiger charge is -2.13. The highest BCUT2D eigenvalue weighted by Crippen LogP contribution is 2.29. The van der Waals surface area contributed by atoms with E-state index in [4.69, 9.17) is 9.47 Å². The van der Waals surface area contributed by atoms with E-state index in [-0.39, 0.29) is 5.82 Å². The third-order valence-corrected chi connectivity index (χ3v) is 2.90. The first-order valence-electron chi connectivity index (χ1n) is 6.54. The Hall–Kier alpha value is -2.07. The number of ether oxygens (including phenoxy) is 2. The zero-order chi connectivity index (χ0) is 14.4. The van der Waals surface area contributed by atoms with Gasteiger partial charge >= 0.3 is 0 Å². The highest BCUT2D eigenvalue weighted by Gasteiger charge is 2.10. The molecule has 0 amide bonds. The van der Waals surface area contributed by atoms with Crippen LogP contribution >= 0.6 is 0 Å². The molecule has 2 rings (SSSR count). The highest BCUT2D eigenvalue weighted by atomic mass is 19.1. The van der Waals surface area contributed by atoms with Crippen molar-refractivity contribution in [1.82, 2.24) is 5.32 Å². The average Bonchev–Trinajstić information content (AvgIpc) is 2.47. The van der Waals surface area contributed by atoms with Gasteiger partial charge < -0.3 is 14.8 Å². The Bertz CT molecular complexity index is 572. The van der Waals surface area contributed by atoms with Gasteiger partial charge in [-0.05, 0) is 30.8 Å². The van der Waals surface area contributed by atoms with Gasteiger partial charge in [-0.15, -0.1) is 0 Å². The van der Waals surface area contributed by atoms with Crippen LogP contribution in [0.5, 0.6) is 17.2 Å². The molecule has 0 spiro atoms. The zero-order valence-electron chi connectivity index (χ0n) is 11.7. The van der Waals surface area contributed by atoms with Crippen molar-refractivity contribution in [1.29, 1.82) is 0 Å². The number of halogens is 1. The van der Waals surface area contributed by atoms with Gasteiger partial charge in [0.1, 0.15) is 23.1 Å². The SMILES string of the molecule is CCNCc1c(F)cccc1Oc1cccc(OC)c1. The Kier molecular flexibility index (Phi) is 4.96. The summed E-state index contributed by atoms with van der Waals surface area (Å²) < 4.78 is 24.8. The molecule has 4 heteroatoms. The summed E-state index contributed by atoms with van der Waals surface area (Å²) in [6.45, 7) is 3.18. The Labute approximate surface area is 118 Å². The van der Waals surface area contributed by atoms with Gasteiger partial charge in [0.2, 0.25) is 0 Å². The third kappa shape index (κ3) is 3.48. The first-order chi connectivity index (χ1) is 9.74. The molecule has 0 bridgehead atoms. The van der Waals surface area contributed by atoms with Crippen LogP contribution in [-0.2, 0) is 6.54 Å². The topological polar surface area (TPSA) is 30.5 Å². The molecule has 0 fully saturated rings. The lowest BCUT2D eigenvalue weighted by molar-refractivity contribution is 0.408. The largest absolute Gasteiger partial charge is 0.497 e. The Morgan fingerprint density at radius 1 is 1.10 bits per heavy atom. The van der Waals surface area contributed by atoms with Crippen molar-refractivity contribution < 1.29 is 13.9 Å². The fourth-order valence-electron chi connectivity index (χ4n) is 1.85. The average molecular weight is 275 g/mol. The zero-order valence-corrected chi connectivity index (χ0v) is 11.7. The van der Waals surface area contributed by atoms with Crippen molar-refractivity contribution >= 4 is 0 Å². The molecule has 2 aromatic carbocycles. The Morgan fingerprint density at radius 2 is 1.85 bits per heavy atom. The number of hydrogen-bond acceptors (Lipinski definition) is 3. The molecular weight excluding hydrogens is 257 g/mol. The molecule has 0 aliphatic rings. The van der Waals surface area contributed by atoms with Gasteiger partial charge in [-0.2, -0.15) is 0 Å². The first kappa shape index (κ1) is 14.3. The Balaban J connectivity index is 2.25. The molecule has 0 aromatic heterocycles. The third-order valence-electron chi connectivity index (χ3n) is 2.90. The van der Waals surface area contributed by atoms with Crippen molar-refractivity contribution in [2.45, 2.75) is 13.5 Å². The second kappa shape index (κ2) is 6.91. The van der Waals surface area contributed by atoms with Crippen LogP contribution in [0.3, 0.4) is 0 Å². The van der Waals surface area contributed by atoms with E-state index in [1.54, 1.807) is 25.3 Å². The molecule has 106 valence electrons. The molecule has 1 N–H and O–H groups in total. The van der Waals surface area contributed by atoms with Crippen molar-refractivity contribution in [3.63, 3.8) is 0 Å². The molecule has 0 saturated carbocycles. The van der Waals surface area contributed by atoms with E-state index in [9.17, 15) is 4.39 Å². The Morgan fingerprint density at radius 3 is 2.60 bits per heavy atom. The van der Waals surface area contributed by atoms with Crippen LogP contribution < -0.4 is 14.8 Å². The fraction of sp³-hybridized carbons (Fsp3) is 0.250. The fourth-order valence-corrected chi connectivity index (χ4v) is 1.85. The van der Waals surface area contributed by atoms with Gasteiger partial charge in [0.05, 0.1) is 7.11 Å². The molecule has 0 aliphatic heterocycles. The van der Waals surface area contributed by atoms with Gasteiger partial charge in [0.25, 0.3) is 0 Å². The molecular formula is C16H18FNO2. The molecule has 0 saturated heterocycles. The van der Waals surface area contributed by atoms with Gasteiger partial charge in [-0.25, -0.2) is 4.39 Å². The predicted molar refractivity (Wildman–Crippen MR) is 76.8 cm³/mol. The molecule has 0 unspecified atom stereocenters. The minimum atomic E-state index is -0.272. The lowest BCUT2D eigenvalue weighted by atomic mass is 10.2. The van der Waals surface area contributed by atoms with Gasteiger partial charge in [0, 0.05) is 18.2 Å². The summed E-state index contributed by atoms with van der Waals surface area (Å²) in [5, 5.41) is 3.11. The van der Waals surface area contributed by atoms with Gasteiger partial charge in [-0.3, -0.25) is 0 Å². The number of nitrogens with one attached hydrogen (secondary N) is 1. The van der Waals surface area contributed by atoms with Crippen LogP contribution in [0.2, 0.25) is 0 Å². The van der Waals surface area contributed by atoms with E-state index in [1.807, 2.05) is 25.1 Å². The summed E-state index contributed by atoms with van der Waals surface area (Å²) in [5.74, 6) is 1.56. The van der Waals surface area contributed by atoms with E-state index in [0.29, 0.717) is 29.4 Å². The van der Waals surface area contributed by atoms with Crippen LogP contribution in [0.15, 0.2) is 42.5 Å². The van der Waals surface area contributed by atoms with E-state index in [2.05, 4.69) is 5.32 Å². The molecule has 0 heterocycles. The number of benzene rings is 2. The minimum absolute atomic E-state index is 0.272. The normalized spacial score (nSPS) is 10.3. The summed E-state index contributed by atoms with van der Waals surface area (Å²) in [4.78, 5) is 0. The van der Waals surface area contributed by atoms with E-state index >= 15 is 0 Å². The van der Waals surface area contributed by atoms with Crippen LogP contribution in [0.4, 0.5) is 4.39 Å². The number of methoxy groups -OCH3 is 1. The summed E-state index contributed by atoms with van der Waals surface area (Å²) in [5.41, 5.74) is 0.525. The second-order valence-corrected chi connectivity index (χ2v) is 4.28. The highest BCUT2D eigenvalue weighted by molar-refractivity contribution is 5.41. The molecule has 0 aliphatic carbocycles. The van der Waals surface area contributed by atoms with Crippen molar-refractivity contribution in [2.24, 2.45) is 0 Å². The van der Waals surface area contributed by atoms with Gasteiger partial charge in [-0.1, -0.05) is 19.1 Å². The number of rotatable bonds is 6. The molecule has 2 aromatic rings. The minimum Gasteiger partial charge on any atom is -0.497 e. The smallest absolute Gasteiger partial charge is 0.134 e. The van der Waals surface area contributed by atoms with Gasteiger partial charge in [0.15, 0.2) is 0 Å². The molecule has 0 atom stereocenters. The predicted octanol–water partition coefficient (Wildman–Crippen LogP) is 3.74. The second-order valence-electron chi connectivity index (χ2n) is 4.28. The monoisotopic (exact) mass is 275 g/mol. The summed E-state index contributed by atoms with van der Waals surface area (Å²) in [6.07, 6.45) is 0. The van der Waals surface area contributed by atoms with Crippen LogP contribution in [0.1, 0.15) is 12.5 Å². The van der Waals surface area contributed by atoms with Crippen LogP contribution in [0, 0.1) is 5.82 Å². The molecule has 20 heavy (non-hydrogen) atoms. The summed E-state index contributed by atoms with van der Waals surface area (Å²) >= 11 is 0. The lowest BCUT2D eigenvalue weighted by Crippen LogP contribution is -2.13. The van der Waals surface area contributed by atoms with Crippen molar-refractivity contribution in [2.75, 3.05) is 13.7 Å². The van der Waals surface area contributed by atoms with Crippen molar-refractivity contribution in [3.8, 4) is 17.2 Å². The summed E-state index contributed by atoms with van der Waals surface area (Å²) in [7, 11) is 1.60. The first-order valence-corrected chi connectivity index (χ1v) is 6.54. The summed E-state index contributed by atoms with van der Waals surface area (Å²) in [6, 6.07) is 12.1. The van der Waals surface area contributed by atoms with E-state index < -0.39 is 0 Å².